The zero-order valence-corrected chi connectivity index (χ0v) is 12.1. The van der Waals surface area contributed by atoms with Gasteiger partial charge in [-0.2, -0.15) is 0 Å². The van der Waals surface area contributed by atoms with E-state index in [1.54, 1.807) is 29.5 Å². The molecule has 0 unspecified atom stereocenters. The third-order valence-corrected chi connectivity index (χ3v) is 3.86. The first-order chi connectivity index (χ1) is 9.24. The van der Waals surface area contributed by atoms with Gasteiger partial charge in [-0.05, 0) is 25.0 Å². The Balaban J connectivity index is 2.05. The molecule has 0 saturated carbocycles. The summed E-state index contributed by atoms with van der Waals surface area (Å²) in [6.45, 7) is 2.47. The van der Waals surface area contributed by atoms with E-state index < -0.39 is 0 Å². The summed E-state index contributed by atoms with van der Waals surface area (Å²) in [4.78, 5) is 15.4. The molecule has 0 fully saturated rings. The predicted octanol–water partition coefficient (Wildman–Crippen LogP) is 4.14. The van der Waals surface area contributed by atoms with Crippen molar-refractivity contribution in [1.82, 2.24) is 4.98 Å². The molecule has 3 nitrogen and oxygen atoms in total. The smallest absolute Gasteiger partial charge is 0.155 e. The van der Waals surface area contributed by atoms with Crippen molar-refractivity contribution in [3.63, 3.8) is 0 Å². The van der Waals surface area contributed by atoms with Crippen LogP contribution in [0.5, 0.6) is 5.75 Å². The summed E-state index contributed by atoms with van der Waals surface area (Å²) >= 11 is 7.57. The molecule has 0 saturated heterocycles. The Morgan fingerprint density at radius 2 is 2.32 bits per heavy atom. The Kier molecular flexibility index (Phi) is 4.93. The number of rotatable bonds is 6. The topological polar surface area (TPSA) is 39.2 Å². The Labute approximate surface area is 121 Å². The van der Waals surface area contributed by atoms with Crippen LogP contribution in [0.25, 0.3) is 0 Å². The van der Waals surface area contributed by atoms with E-state index in [4.69, 9.17) is 16.3 Å². The lowest BCUT2D eigenvalue weighted by Crippen LogP contribution is -1.99. The highest BCUT2D eigenvalue weighted by atomic mass is 35.5. The molecule has 0 N–H and O–H groups in total. The summed E-state index contributed by atoms with van der Waals surface area (Å²) in [6, 6.07) is 5.16. The molecule has 100 valence electrons. The molecule has 1 heterocycles. The standard InChI is InChI=1S/C14H14ClNO2S/c1-2-4-14-16-10(9-19-14)8-18-13-6-3-5-12(15)11(13)7-17/h3,5-7,9H,2,4,8H2,1H3. The number of thiazole rings is 1. The SMILES string of the molecule is CCCc1nc(COc2cccc(Cl)c2C=O)cs1. The third kappa shape index (κ3) is 3.55. The number of aryl methyl sites for hydroxylation is 1. The molecule has 0 amide bonds. The van der Waals surface area contributed by atoms with Crippen LogP contribution in [0.3, 0.4) is 0 Å². The molecule has 0 aliphatic heterocycles. The largest absolute Gasteiger partial charge is 0.486 e. The number of nitrogens with zero attached hydrogens (tertiary/aromatic N) is 1. The van der Waals surface area contributed by atoms with E-state index in [-0.39, 0.29) is 0 Å². The van der Waals surface area contributed by atoms with Gasteiger partial charge in [0.25, 0.3) is 0 Å². The molecule has 19 heavy (non-hydrogen) atoms. The van der Waals surface area contributed by atoms with Crippen LogP contribution in [0.15, 0.2) is 23.6 Å². The van der Waals surface area contributed by atoms with Crippen LogP contribution in [-0.4, -0.2) is 11.3 Å². The van der Waals surface area contributed by atoms with Gasteiger partial charge in [-0.25, -0.2) is 4.98 Å². The predicted molar refractivity (Wildman–Crippen MR) is 77.3 cm³/mol. The molecule has 0 spiro atoms. The number of aldehydes is 1. The number of hydrogen-bond donors (Lipinski definition) is 0. The first-order valence-corrected chi connectivity index (χ1v) is 7.30. The van der Waals surface area contributed by atoms with Crippen molar-refractivity contribution in [3.8, 4) is 5.75 Å². The van der Waals surface area contributed by atoms with Crippen molar-refractivity contribution >= 4 is 29.2 Å². The monoisotopic (exact) mass is 295 g/mol. The molecule has 2 aromatic rings. The van der Waals surface area contributed by atoms with Gasteiger partial charge in [-0.15, -0.1) is 11.3 Å². The van der Waals surface area contributed by atoms with Gasteiger partial charge >= 0.3 is 0 Å². The van der Waals surface area contributed by atoms with Crippen LogP contribution in [0, 0.1) is 0 Å². The number of hydrogen-bond acceptors (Lipinski definition) is 4. The molecular formula is C14H14ClNO2S. The van der Waals surface area contributed by atoms with Gasteiger partial charge in [0.2, 0.25) is 0 Å². The maximum absolute atomic E-state index is 11.0. The molecule has 1 aromatic heterocycles. The van der Waals surface area contributed by atoms with Crippen molar-refractivity contribution in [2.45, 2.75) is 26.4 Å². The Hall–Kier alpha value is -1.39. The van der Waals surface area contributed by atoms with Gasteiger partial charge in [-0.3, -0.25) is 4.79 Å². The molecule has 0 atom stereocenters. The van der Waals surface area contributed by atoms with E-state index in [0.717, 1.165) is 23.5 Å². The van der Waals surface area contributed by atoms with E-state index in [1.165, 1.54) is 0 Å². The minimum absolute atomic E-state index is 0.349. The summed E-state index contributed by atoms with van der Waals surface area (Å²) in [5, 5.41) is 3.50. The molecule has 0 aliphatic rings. The Morgan fingerprint density at radius 3 is 3.05 bits per heavy atom. The first kappa shape index (κ1) is 14.0. The summed E-state index contributed by atoms with van der Waals surface area (Å²) < 4.78 is 5.61. The molecule has 5 heteroatoms. The lowest BCUT2D eigenvalue weighted by Gasteiger charge is -2.07. The number of ether oxygens (including phenoxy) is 1. The van der Waals surface area contributed by atoms with Gasteiger partial charge < -0.3 is 4.74 Å². The highest BCUT2D eigenvalue weighted by Gasteiger charge is 2.08. The number of carbonyl (C=O) groups excluding carboxylic acids is 1. The third-order valence-electron chi connectivity index (χ3n) is 2.57. The van der Waals surface area contributed by atoms with Crippen LogP contribution < -0.4 is 4.74 Å². The van der Waals surface area contributed by atoms with E-state index in [9.17, 15) is 4.79 Å². The summed E-state index contributed by atoms with van der Waals surface area (Å²) in [6.07, 6.45) is 2.78. The number of halogens is 1. The molecule has 0 radical (unpaired) electrons. The highest BCUT2D eigenvalue weighted by molar-refractivity contribution is 7.09. The van der Waals surface area contributed by atoms with Crippen molar-refractivity contribution < 1.29 is 9.53 Å². The minimum Gasteiger partial charge on any atom is -0.486 e. The van der Waals surface area contributed by atoms with Gasteiger partial charge in [0.1, 0.15) is 12.4 Å². The van der Waals surface area contributed by atoms with Crippen molar-refractivity contribution in [1.29, 1.82) is 0 Å². The maximum Gasteiger partial charge on any atom is 0.155 e. The number of carbonyl (C=O) groups is 1. The average Bonchev–Trinajstić information content (AvgIpc) is 2.84. The van der Waals surface area contributed by atoms with Crippen molar-refractivity contribution in [2.75, 3.05) is 0 Å². The fourth-order valence-electron chi connectivity index (χ4n) is 1.65. The second-order valence-electron chi connectivity index (χ2n) is 4.04. The zero-order chi connectivity index (χ0) is 13.7. The average molecular weight is 296 g/mol. The van der Waals surface area contributed by atoms with E-state index in [0.29, 0.717) is 29.2 Å². The van der Waals surface area contributed by atoms with Gasteiger partial charge in [0.15, 0.2) is 6.29 Å². The Bertz CT molecular complexity index is 568. The van der Waals surface area contributed by atoms with Crippen molar-refractivity contribution in [2.24, 2.45) is 0 Å². The van der Waals surface area contributed by atoms with E-state index in [1.807, 2.05) is 5.38 Å². The fourth-order valence-corrected chi connectivity index (χ4v) is 2.75. The maximum atomic E-state index is 11.0. The minimum atomic E-state index is 0.349. The normalized spacial score (nSPS) is 10.4. The molecule has 2 rings (SSSR count). The van der Waals surface area contributed by atoms with Crippen LogP contribution >= 0.6 is 22.9 Å². The van der Waals surface area contributed by atoms with Crippen LogP contribution in [0.2, 0.25) is 5.02 Å². The van der Waals surface area contributed by atoms with Gasteiger partial charge in [0.05, 0.1) is 21.3 Å². The number of benzene rings is 1. The molecule has 0 aliphatic carbocycles. The highest BCUT2D eigenvalue weighted by Crippen LogP contribution is 2.25. The van der Waals surface area contributed by atoms with Gasteiger partial charge in [0, 0.05) is 5.38 Å². The fraction of sp³-hybridized carbons (Fsp3) is 0.286. The Morgan fingerprint density at radius 1 is 1.47 bits per heavy atom. The van der Waals surface area contributed by atoms with Crippen LogP contribution in [0.4, 0.5) is 0 Å². The second-order valence-corrected chi connectivity index (χ2v) is 5.39. The van der Waals surface area contributed by atoms with Crippen LogP contribution in [-0.2, 0) is 13.0 Å². The van der Waals surface area contributed by atoms with Crippen molar-refractivity contribution in [3.05, 3.63) is 44.9 Å². The lowest BCUT2D eigenvalue weighted by atomic mass is 10.2. The van der Waals surface area contributed by atoms with Crippen LogP contribution in [0.1, 0.15) is 34.4 Å². The quantitative estimate of drug-likeness (QED) is 0.752. The summed E-state index contributed by atoms with van der Waals surface area (Å²) in [5.41, 5.74) is 1.26. The van der Waals surface area contributed by atoms with E-state index >= 15 is 0 Å². The second kappa shape index (κ2) is 6.68. The zero-order valence-electron chi connectivity index (χ0n) is 10.6. The summed E-state index contributed by atoms with van der Waals surface area (Å²) in [7, 11) is 0. The van der Waals surface area contributed by atoms with Gasteiger partial charge in [-0.1, -0.05) is 24.6 Å². The van der Waals surface area contributed by atoms with E-state index in [2.05, 4.69) is 11.9 Å². The lowest BCUT2D eigenvalue weighted by molar-refractivity contribution is 0.111. The summed E-state index contributed by atoms with van der Waals surface area (Å²) in [5.74, 6) is 0.493. The first-order valence-electron chi connectivity index (χ1n) is 6.04. The molecule has 0 bridgehead atoms. The molecular weight excluding hydrogens is 282 g/mol. The molecule has 1 aromatic carbocycles. The number of aromatic nitrogens is 1.